The standard InChI is InChI=1S/C65H89ClFN5O16/c1-36(2)46(32-44(73)21-13-12-18-38(4)85-62(80)43-19-15-20-43)59(77)70-48(22-16-26-69-63(68)81)50(74)30-41-24-25-45(47(67)28-41)60(78)71(8)40(6)61(79)87-54-33-55(75)72(9)49-29-42(31-51(83-10)57(49)66)27-37(3)17-14-23-53(84-11)65(82)34-52(86-56(76)35-65)39(5)58-64(54,7)88-58/h14,17,23-25,28-29,31,36,38-40,43,46,48,52-54,58,82H,12-13,15-16,18-22,26-27,30,32-35H2,1-11H3,(H,70,77)(H3,68,69,81)/b23-14+,37-17+/t38?,39-,40+,46+,48+,52+,53-,54+,58+,64+,65-/m1/s1. The average Bonchev–Trinajstić information content (AvgIpc) is 2.12. The molecule has 0 radical (unpaired) electrons. The highest BCUT2D eigenvalue weighted by molar-refractivity contribution is 6.35. The van der Waals surface area contributed by atoms with Crippen LogP contribution >= 0.6 is 11.6 Å². The van der Waals surface area contributed by atoms with E-state index in [0.29, 0.717) is 37.1 Å². The van der Waals surface area contributed by atoms with Crippen molar-refractivity contribution in [3.8, 4) is 5.75 Å². The maximum Gasteiger partial charge on any atom is 0.328 e. The first-order chi connectivity index (χ1) is 41.5. The lowest BCUT2D eigenvalue weighted by Crippen LogP contribution is -2.53. The zero-order valence-electron chi connectivity index (χ0n) is 52.6. The number of nitrogens with two attached hydrogens (primary N) is 1. The number of halogens is 2. The van der Waals surface area contributed by atoms with E-state index >= 15 is 4.39 Å². The lowest BCUT2D eigenvalue weighted by atomic mass is 9.78. The number of aliphatic hydroxyl groups is 1. The SMILES string of the molecule is COc1cc2cc(c1Cl)N(C)C(=O)C[C@H](OC(=O)[C@H](C)N(C)C(=O)c1ccc(CC(=O)[C@H](CCCNC(N)=O)NC(=O)[C@@H](CC(=O)CCCCC(C)OC(=O)C3CCC3)C(C)C)cc1F)[C@]1(C)O[C@H]1[C@H](C)[C@@H]1C[C@@](O)(CC(=O)O1)[C@H](OC)/C=C/C=C(\C)C2. The Kier molecular flexibility index (Phi) is 24.9. The molecule has 88 heavy (non-hydrogen) atoms. The molecule has 2 aromatic carbocycles. The van der Waals surface area contributed by atoms with Crippen LogP contribution in [0.3, 0.4) is 0 Å². The first kappa shape index (κ1) is 70.3. The summed E-state index contributed by atoms with van der Waals surface area (Å²) < 4.78 is 51.4. The Morgan fingerprint density at radius 2 is 1.73 bits per heavy atom. The van der Waals surface area contributed by atoms with Crippen molar-refractivity contribution in [2.75, 3.05) is 39.8 Å². The van der Waals surface area contributed by atoms with E-state index in [0.717, 1.165) is 41.4 Å². The van der Waals surface area contributed by atoms with Crippen molar-refractivity contribution in [1.82, 2.24) is 15.5 Å². The van der Waals surface area contributed by atoms with Gasteiger partial charge in [0.15, 0.2) is 5.78 Å². The number of nitrogens with zero attached hydrogens (tertiary/aromatic N) is 2. The Bertz CT molecular complexity index is 2970. The number of anilines is 1. The molecule has 0 aromatic heterocycles. The lowest BCUT2D eigenvalue weighted by molar-refractivity contribution is -0.187. The molecule has 6 rings (SSSR count). The van der Waals surface area contributed by atoms with E-state index in [9.17, 15) is 48.3 Å². The Labute approximate surface area is 520 Å². The Hall–Kier alpha value is -6.75. The van der Waals surface area contributed by atoms with Gasteiger partial charge < -0.3 is 59.7 Å². The van der Waals surface area contributed by atoms with Gasteiger partial charge in [-0.25, -0.2) is 14.0 Å². The molecule has 3 heterocycles. The number of hydrogen-bond acceptors (Lipinski definition) is 16. The number of allylic oxidation sites excluding steroid dienone is 3. The normalized spacial score (nSPS) is 25.4. The number of amides is 5. The molecule has 0 spiro atoms. The Morgan fingerprint density at radius 3 is 2.36 bits per heavy atom. The minimum atomic E-state index is -1.68. The van der Waals surface area contributed by atoms with Crippen LogP contribution in [0.4, 0.5) is 14.9 Å². The molecule has 21 nitrogen and oxygen atoms in total. The Balaban J connectivity index is 1.15. The summed E-state index contributed by atoms with van der Waals surface area (Å²) in [7, 11) is 5.66. The second-order valence-electron chi connectivity index (χ2n) is 24.8. The molecule has 484 valence electrons. The molecule has 4 bridgehead atoms. The number of unbranched alkanes of at least 4 members (excludes halogenated alkanes) is 1. The molecule has 23 heteroatoms. The predicted octanol–water partition coefficient (Wildman–Crippen LogP) is 7.79. The number of rotatable bonds is 25. The van der Waals surface area contributed by atoms with Crippen LogP contribution in [0.5, 0.6) is 5.75 Å². The Morgan fingerprint density at radius 1 is 1.01 bits per heavy atom. The van der Waals surface area contributed by atoms with Crippen molar-refractivity contribution >= 4 is 70.5 Å². The number of epoxide rings is 1. The second-order valence-corrected chi connectivity index (χ2v) is 25.2. The number of carbonyl (C=O) groups excluding carboxylic acids is 9. The van der Waals surface area contributed by atoms with E-state index in [4.69, 9.17) is 45.8 Å². The predicted molar refractivity (Wildman–Crippen MR) is 325 cm³/mol. The monoisotopic (exact) mass is 1250 g/mol. The lowest BCUT2D eigenvalue weighted by Gasteiger charge is -2.41. The van der Waals surface area contributed by atoms with Crippen molar-refractivity contribution < 1.29 is 81.1 Å². The molecule has 1 saturated carbocycles. The number of likely N-dealkylation sites (N-methyl/N-ethyl adjacent to an activating group) is 1. The van der Waals surface area contributed by atoms with Crippen molar-refractivity contribution in [3.05, 3.63) is 81.7 Å². The summed E-state index contributed by atoms with van der Waals surface area (Å²) in [5.41, 5.74) is 3.81. The number of benzene rings is 2. The molecule has 1 aliphatic carbocycles. The zero-order valence-corrected chi connectivity index (χ0v) is 53.3. The van der Waals surface area contributed by atoms with Crippen LogP contribution in [0, 0.1) is 29.5 Å². The third-order valence-electron chi connectivity index (χ3n) is 17.7. The minimum Gasteiger partial charge on any atom is -0.495 e. The number of primary amides is 1. The van der Waals surface area contributed by atoms with Gasteiger partial charge in [-0.15, -0.1) is 0 Å². The molecule has 4 aliphatic rings. The third-order valence-corrected chi connectivity index (χ3v) is 18.1. The molecule has 2 saturated heterocycles. The number of Topliss-reactive ketones (excluding diaryl/α,β-unsaturated/α-hetero) is 2. The van der Waals surface area contributed by atoms with Crippen molar-refractivity contribution in [1.29, 1.82) is 0 Å². The number of ketones is 2. The molecule has 11 atom stereocenters. The van der Waals surface area contributed by atoms with Crippen LogP contribution in [0.25, 0.3) is 0 Å². The highest BCUT2D eigenvalue weighted by atomic mass is 35.5. The van der Waals surface area contributed by atoms with E-state index in [1.54, 1.807) is 52.0 Å². The largest absolute Gasteiger partial charge is 0.495 e. The number of esters is 3. The fourth-order valence-corrected chi connectivity index (χ4v) is 11.9. The van der Waals surface area contributed by atoms with E-state index in [-0.39, 0.29) is 91.8 Å². The molecule has 5 N–H and O–H groups in total. The van der Waals surface area contributed by atoms with Gasteiger partial charge in [-0.05, 0) is 120 Å². The minimum absolute atomic E-state index is 0.0243. The molecular formula is C65H89ClFN5O16. The van der Waals surface area contributed by atoms with E-state index in [1.807, 2.05) is 19.9 Å². The number of fused-ring (bicyclic) bond motifs is 5. The molecular weight excluding hydrogens is 1160 g/mol. The van der Waals surface area contributed by atoms with Crippen molar-refractivity contribution in [2.45, 2.75) is 199 Å². The smallest absolute Gasteiger partial charge is 0.328 e. The van der Waals surface area contributed by atoms with Crippen LogP contribution < -0.4 is 26.0 Å². The highest BCUT2D eigenvalue weighted by Gasteiger charge is 2.64. The average molecular weight is 1250 g/mol. The summed E-state index contributed by atoms with van der Waals surface area (Å²) >= 11 is 6.85. The number of hydrogen-bond donors (Lipinski definition) is 4. The van der Waals surface area contributed by atoms with Gasteiger partial charge in [0.05, 0.1) is 55.4 Å². The van der Waals surface area contributed by atoms with Crippen LogP contribution in [-0.2, 0) is 70.1 Å². The fourth-order valence-electron chi connectivity index (χ4n) is 11.6. The van der Waals surface area contributed by atoms with Gasteiger partial charge in [0.2, 0.25) is 11.8 Å². The number of carbonyl (C=O) groups is 9. The number of ether oxygens (including phenoxy) is 6. The van der Waals surface area contributed by atoms with Gasteiger partial charge in [-0.3, -0.25) is 33.6 Å². The summed E-state index contributed by atoms with van der Waals surface area (Å²) in [4.78, 5) is 123. The zero-order chi connectivity index (χ0) is 64.9. The highest BCUT2D eigenvalue weighted by Crippen LogP contribution is 2.50. The van der Waals surface area contributed by atoms with E-state index in [1.165, 1.54) is 52.3 Å². The van der Waals surface area contributed by atoms with Gasteiger partial charge in [-0.2, -0.15) is 0 Å². The summed E-state index contributed by atoms with van der Waals surface area (Å²) in [6, 6.07) is 3.75. The van der Waals surface area contributed by atoms with Crippen LogP contribution in [-0.4, -0.2) is 152 Å². The van der Waals surface area contributed by atoms with Crippen molar-refractivity contribution in [3.63, 3.8) is 0 Å². The quantitative estimate of drug-likeness (QED) is 0.0319. The number of urea groups is 1. The maximum absolute atomic E-state index is 16.2. The van der Waals surface area contributed by atoms with Gasteiger partial charge in [0.25, 0.3) is 5.91 Å². The van der Waals surface area contributed by atoms with Crippen LogP contribution in [0.2, 0.25) is 5.02 Å². The third kappa shape index (κ3) is 18.2. The molecule has 2 aromatic rings. The number of methoxy groups -OCH3 is 2. The van der Waals surface area contributed by atoms with E-state index in [2.05, 4.69) is 10.6 Å². The summed E-state index contributed by atoms with van der Waals surface area (Å²) in [5.74, 6) is -6.92. The van der Waals surface area contributed by atoms with Gasteiger partial charge in [0, 0.05) is 65.3 Å². The summed E-state index contributed by atoms with van der Waals surface area (Å²) in [6.07, 6.45) is 5.09. The van der Waals surface area contributed by atoms with Crippen LogP contribution in [0.15, 0.2) is 54.1 Å². The van der Waals surface area contributed by atoms with Gasteiger partial charge in [0.1, 0.15) is 57.9 Å². The van der Waals surface area contributed by atoms with Crippen LogP contribution in [0.1, 0.15) is 153 Å². The summed E-state index contributed by atoms with van der Waals surface area (Å²) in [5, 5.41) is 17.4. The first-order valence-electron chi connectivity index (χ1n) is 30.4. The number of nitrogens with one attached hydrogen (secondary N) is 2. The maximum atomic E-state index is 16.2. The first-order valence-corrected chi connectivity index (χ1v) is 30.8. The van der Waals surface area contributed by atoms with E-state index < -0.39 is 119 Å². The fraction of sp³-hybridized carbons (Fsp3) is 0.615. The molecule has 3 fully saturated rings. The summed E-state index contributed by atoms with van der Waals surface area (Å²) in [6.45, 7) is 12.2. The topological polar surface area (TPSA) is 289 Å². The van der Waals surface area contributed by atoms with Crippen molar-refractivity contribution in [2.24, 2.45) is 29.4 Å². The molecule has 1 unspecified atom stereocenters. The molecule has 3 aliphatic heterocycles. The van der Waals surface area contributed by atoms with Gasteiger partial charge >= 0.3 is 23.9 Å². The second kappa shape index (κ2) is 31.1. The molecule has 5 amide bonds. The van der Waals surface area contributed by atoms with Gasteiger partial charge in [-0.1, -0.05) is 68.7 Å².